The number of carbonyl (C=O) groups excluding carboxylic acids is 2. The molecule has 3 heterocycles. The number of pyridine rings is 1. The molecule has 0 fully saturated rings. The molecule has 1 unspecified atom stereocenters. The van der Waals surface area contributed by atoms with Crippen molar-refractivity contribution in [3.8, 4) is 28.7 Å². The Morgan fingerprint density at radius 3 is 2.31 bits per heavy atom. The predicted octanol–water partition coefficient (Wildman–Crippen LogP) is 4.74. The maximum absolute atomic E-state index is 14.3. The first-order chi connectivity index (χ1) is 21.8. The summed E-state index contributed by atoms with van der Waals surface area (Å²) in [6.07, 6.45) is 3.30. The Bertz CT molecular complexity index is 1640. The lowest BCUT2D eigenvalue weighted by Gasteiger charge is -2.32. The second-order valence-electron chi connectivity index (χ2n) is 10.0. The van der Waals surface area contributed by atoms with E-state index in [9.17, 15) is 9.59 Å². The molecule has 0 saturated carbocycles. The van der Waals surface area contributed by atoms with Crippen LogP contribution in [0.5, 0.6) is 28.7 Å². The van der Waals surface area contributed by atoms with Gasteiger partial charge in [0.25, 0.3) is 5.91 Å². The van der Waals surface area contributed by atoms with E-state index >= 15 is 0 Å². The highest BCUT2D eigenvalue weighted by molar-refractivity contribution is 7.99. The number of aryl methyl sites for hydroxylation is 2. The number of benzene rings is 2. The Morgan fingerprint density at radius 1 is 0.956 bits per heavy atom. The lowest BCUT2D eigenvalue weighted by atomic mass is 10.0. The summed E-state index contributed by atoms with van der Waals surface area (Å²) in [6, 6.07) is 12.8. The molecular weight excluding hydrogens is 598 g/mol. The number of amides is 2. The van der Waals surface area contributed by atoms with Crippen molar-refractivity contribution < 1.29 is 33.3 Å². The average molecular weight is 632 g/mol. The SMILES string of the molecule is COc1cc(C(C(=O)Nc2ccc3c(c2)OCO3)N(Cc2cccnc2)C(=O)CSc2nc(C)cc(C)n2)cc(OC)c1OC. The first-order valence-electron chi connectivity index (χ1n) is 13.9. The van der Waals surface area contributed by atoms with Crippen molar-refractivity contribution in [1.29, 1.82) is 0 Å². The number of rotatable bonds is 12. The quantitative estimate of drug-likeness (QED) is 0.172. The number of hydrogen-bond donors (Lipinski definition) is 1. The number of anilines is 1. The molecule has 1 aliphatic heterocycles. The molecule has 5 rings (SSSR count). The van der Waals surface area contributed by atoms with Crippen LogP contribution in [0.3, 0.4) is 0 Å². The summed E-state index contributed by atoms with van der Waals surface area (Å²) >= 11 is 1.20. The van der Waals surface area contributed by atoms with Gasteiger partial charge in [-0.05, 0) is 61.4 Å². The van der Waals surface area contributed by atoms with Gasteiger partial charge in [-0.2, -0.15) is 0 Å². The third kappa shape index (κ3) is 7.37. The van der Waals surface area contributed by atoms with E-state index in [1.807, 2.05) is 26.0 Å². The molecule has 13 heteroatoms. The standard InChI is InChI=1S/C32H33N5O7S/c1-19-11-20(2)35-32(34-19)45-17-28(38)37(16-21-7-6-10-33-15-21)29(22-12-26(40-3)30(42-5)27(13-22)41-4)31(39)36-23-8-9-24-25(14-23)44-18-43-24/h6-15,29H,16-18H2,1-5H3,(H,36,39). The third-order valence-corrected chi connectivity index (χ3v) is 7.72. The van der Waals surface area contributed by atoms with Crippen LogP contribution >= 0.6 is 11.8 Å². The van der Waals surface area contributed by atoms with E-state index in [2.05, 4.69) is 20.3 Å². The number of carbonyl (C=O) groups is 2. The normalized spacial score (nSPS) is 12.3. The molecule has 1 atom stereocenters. The van der Waals surface area contributed by atoms with Gasteiger partial charge in [-0.15, -0.1) is 0 Å². The third-order valence-electron chi connectivity index (χ3n) is 6.89. The van der Waals surface area contributed by atoms with Crippen molar-refractivity contribution in [2.45, 2.75) is 31.6 Å². The molecule has 0 radical (unpaired) electrons. The van der Waals surface area contributed by atoms with E-state index in [4.69, 9.17) is 23.7 Å². The fourth-order valence-corrected chi connectivity index (χ4v) is 5.73. The summed E-state index contributed by atoms with van der Waals surface area (Å²) in [4.78, 5) is 43.1. The van der Waals surface area contributed by atoms with Crippen LogP contribution < -0.4 is 29.0 Å². The van der Waals surface area contributed by atoms with E-state index < -0.39 is 11.9 Å². The van der Waals surface area contributed by atoms with Crippen LogP contribution in [0, 0.1) is 13.8 Å². The molecule has 4 aromatic rings. The maximum atomic E-state index is 14.3. The van der Waals surface area contributed by atoms with Crippen LogP contribution in [0.4, 0.5) is 5.69 Å². The zero-order valence-corrected chi connectivity index (χ0v) is 26.3. The average Bonchev–Trinajstić information content (AvgIpc) is 3.51. The van der Waals surface area contributed by atoms with Crippen LogP contribution in [0.25, 0.3) is 0 Å². The molecule has 12 nitrogen and oxygen atoms in total. The Hall–Kier alpha value is -5.04. The van der Waals surface area contributed by atoms with Gasteiger partial charge in [-0.3, -0.25) is 14.6 Å². The number of aromatic nitrogens is 3. The van der Waals surface area contributed by atoms with Gasteiger partial charge >= 0.3 is 0 Å². The van der Waals surface area contributed by atoms with Gasteiger partial charge in [-0.25, -0.2) is 9.97 Å². The summed E-state index contributed by atoms with van der Waals surface area (Å²) < 4.78 is 27.6. The van der Waals surface area contributed by atoms with Crippen LogP contribution in [-0.2, 0) is 16.1 Å². The molecule has 1 N–H and O–H groups in total. The highest BCUT2D eigenvalue weighted by Gasteiger charge is 2.34. The van der Waals surface area contributed by atoms with Crippen molar-refractivity contribution in [2.24, 2.45) is 0 Å². The van der Waals surface area contributed by atoms with Gasteiger partial charge in [0.2, 0.25) is 18.4 Å². The van der Waals surface area contributed by atoms with Gasteiger partial charge in [0.1, 0.15) is 6.04 Å². The lowest BCUT2D eigenvalue weighted by Crippen LogP contribution is -2.42. The largest absolute Gasteiger partial charge is 0.493 e. The van der Waals surface area contributed by atoms with E-state index in [0.29, 0.717) is 45.2 Å². The minimum absolute atomic E-state index is 0.0264. The van der Waals surface area contributed by atoms with Crippen molar-refractivity contribution >= 4 is 29.3 Å². The highest BCUT2D eigenvalue weighted by atomic mass is 32.2. The van der Waals surface area contributed by atoms with Crippen molar-refractivity contribution in [2.75, 3.05) is 39.2 Å². The van der Waals surface area contributed by atoms with Gasteiger partial charge in [0.05, 0.1) is 27.1 Å². The minimum Gasteiger partial charge on any atom is -0.493 e. The molecule has 2 aromatic heterocycles. The summed E-state index contributed by atoms with van der Waals surface area (Å²) in [6.45, 7) is 3.92. The summed E-state index contributed by atoms with van der Waals surface area (Å²) in [5.74, 6) is 1.27. The Labute approximate surface area is 265 Å². The van der Waals surface area contributed by atoms with Crippen molar-refractivity contribution in [1.82, 2.24) is 19.9 Å². The Kier molecular flexibility index (Phi) is 9.88. The topological polar surface area (TPSA) is 134 Å². The van der Waals surface area contributed by atoms with E-state index in [1.165, 1.54) is 38.0 Å². The summed E-state index contributed by atoms with van der Waals surface area (Å²) in [7, 11) is 4.47. The van der Waals surface area contributed by atoms with Gasteiger partial charge in [-0.1, -0.05) is 17.8 Å². The molecule has 2 aromatic carbocycles. The van der Waals surface area contributed by atoms with E-state index in [1.54, 1.807) is 48.8 Å². The number of hydrogen-bond acceptors (Lipinski definition) is 11. The van der Waals surface area contributed by atoms with Crippen molar-refractivity contribution in [3.05, 3.63) is 83.4 Å². The molecule has 45 heavy (non-hydrogen) atoms. The van der Waals surface area contributed by atoms with Crippen molar-refractivity contribution in [3.63, 3.8) is 0 Å². The van der Waals surface area contributed by atoms with Gasteiger partial charge in [0.15, 0.2) is 28.2 Å². The smallest absolute Gasteiger partial charge is 0.251 e. The molecule has 0 bridgehead atoms. The molecule has 0 saturated heterocycles. The fourth-order valence-electron chi connectivity index (χ4n) is 4.90. The number of thioether (sulfide) groups is 1. The monoisotopic (exact) mass is 631 g/mol. The summed E-state index contributed by atoms with van der Waals surface area (Å²) in [5, 5.41) is 3.42. The molecule has 1 aliphatic rings. The van der Waals surface area contributed by atoms with Gasteiger partial charge in [0, 0.05) is 42.1 Å². The first-order valence-corrected chi connectivity index (χ1v) is 14.9. The predicted molar refractivity (Wildman–Crippen MR) is 167 cm³/mol. The zero-order chi connectivity index (χ0) is 31.9. The van der Waals surface area contributed by atoms with Crippen LogP contribution in [0.15, 0.2) is 66.1 Å². The molecule has 0 aliphatic carbocycles. The number of methoxy groups -OCH3 is 3. The number of ether oxygens (including phenoxy) is 5. The van der Waals surface area contributed by atoms with E-state index in [0.717, 1.165) is 17.0 Å². The van der Waals surface area contributed by atoms with Crippen LogP contribution in [-0.4, -0.2) is 65.5 Å². The van der Waals surface area contributed by atoms with E-state index in [-0.39, 0.29) is 25.0 Å². The Balaban J connectivity index is 1.57. The molecular formula is C32H33N5O7S. The summed E-state index contributed by atoms with van der Waals surface area (Å²) in [5.41, 5.74) is 3.22. The second-order valence-corrected chi connectivity index (χ2v) is 11.0. The van der Waals surface area contributed by atoms with Gasteiger partial charge < -0.3 is 33.9 Å². The zero-order valence-electron chi connectivity index (χ0n) is 25.5. The minimum atomic E-state index is -1.14. The highest BCUT2D eigenvalue weighted by Crippen LogP contribution is 2.42. The first kappa shape index (κ1) is 31.4. The Morgan fingerprint density at radius 2 is 1.67 bits per heavy atom. The van der Waals surface area contributed by atoms with Crippen LogP contribution in [0.2, 0.25) is 0 Å². The number of fused-ring (bicyclic) bond motifs is 1. The number of nitrogens with one attached hydrogen (secondary N) is 1. The fraction of sp³-hybridized carbons (Fsp3) is 0.281. The number of nitrogens with zero attached hydrogens (tertiary/aromatic N) is 4. The lowest BCUT2D eigenvalue weighted by molar-refractivity contribution is -0.137. The molecule has 0 spiro atoms. The maximum Gasteiger partial charge on any atom is 0.251 e. The molecule has 2 amide bonds. The van der Waals surface area contributed by atoms with Crippen LogP contribution in [0.1, 0.15) is 28.6 Å². The molecule has 234 valence electrons. The second kappa shape index (κ2) is 14.2.